The average molecular weight is 391 g/mol. The summed E-state index contributed by atoms with van der Waals surface area (Å²) in [7, 11) is 1.34. The number of rotatable bonds is 6. The van der Waals surface area contributed by atoms with E-state index in [4.69, 9.17) is 4.74 Å². The number of carbonyl (C=O) groups excluding carboxylic acids is 2. The van der Waals surface area contributed by atoms with E-state index in [1.54, 1.807) is 36.4 Å². The van der Waals surface area contributed by atoms with Crippen LogP contribution in [-0.4, -0.2) is 29.0 Å². The molecule has 0 fully saturated rings. The number of nitrogens with one attached hydrogen (secondary N) is 3. The summed E-state index contributed by atoms with van der Waals surface area (Å²) in [5.74, 6) is 0.470. The van der Waals surface area contributed by atoms with Crippen molar-refractivity contribution in [3.8, 4) is 0 Å². The van der Waals surface area contributed by atoms with Gasteiger partial charge in [-0.2, -0.15) is 4.98 Å². The van der Waals surface area contributed by atoms with Crippen LogP contribution in [0, 0.1) is 6.92 Å². The molecule has 29 heavy (non-hydrogen) atoms. The topological polar surface area (TPSA) is 105 Å². The van der Waals surface area contributed by atoms with Crippen molar-refractivity contribution < 1.29 is 14.3 Å². The average Bonchev–Trinajstić information content (AvgIpc) is 2.68. The van der Waals surface area contributed by atoms with Gasteiger partial charge in [-0.25, -0.2) is 9.78 Å². The van der Waals surface area contributed by atoms with Crippen molar-refractivity contribution in [2.24, 2.45) is 0 Å². The zero-order chi connectivity index (χ0) is 20.8. The Kier molecular flexibility index (Phi) is 6.03. The molecule has 0 saturated heterocycles. The highest BCUT2D eigenvalue weighted by Crippen LogP contribution is 2.21. The lowest BCUT2D eigenvalue weighted by atomic mass is 10.2. The Morgan fingerprint density at radius 3 is 2.31 bits per heavy atom. The summed E-state index contributed by atoms with van der Waals surface area (Å²) >= 11 is 0. The number of hydrogen-bond acceptors (Lipinski definition) is 7. The standard InChI is InChI=1S/C21H21N5O3/c1-13-11-19(24-18-6-4-5-15(12-18)20(28)29-3)26-21(22-13)25-17-9-7-16(8-10-17)23-14(2)27/h4-12H,1-3H3,(H,23,27)(H2,22,24,25,26). The molecule has 1 amide bonds. The first-order valence-electron chi connectivity index (χ1n) is 8.89. The maximum atomic E-state index is 11.7. The van der Waals surface area contributed by atoms with Crippen molar-refractivity contribution in [1.82, 2.24) is 9.97 Å². The van der Waals surface area contributed by atoms with Crippen LogP contribution in [0.4, 0.5) is 28.8 Å². The molecule has 3 N–H and O–H groups in total. The summed E-state index contributed by atoms with van der Waals surface area (Å²) < 4.78 is 4.75. The van der Waals surface area contributed by atoms with E-state index in [0.29, 0.717) is 28.7 Å². The monoisotopic (exact) mass is 391 g/mol. The van der Waals surface area contributed by atoms with E-state index in [0.717, 1.165) is 11.4 Å². The molecule has 0 spiro atoms. The van der Waals surface area contributed by atoms with Crippen molar-refractivity contribution in [2.45, 2.75) is 13.8 Å². The number of aryl methyl sites for hydroxylation is 1. The number of hydrogen-bond donors (Lipinski definition) is 3. The quantitative estimate of drug-likeness (QED) is 0.545. The van der Waals surface area contributed by atoms with Crippen LogP contribution in [0.1, 0.15) is 23.0 Å². The van der Waals surface area contributed by atoms with Crippen LogP contribution < -0.4 is 16.0 Å². The Balaban J connectivity index is 1.76. The molecule has 1 aromatic heterocycles. The molecule has 2 aromatic carbocycles. The van der Waals surface area contributed by atoms with Gasteiger partial charge in [-0.05, 0) is 49.4 Å². The van der Waals surface area contributed by atoms with Gasteiger partial charge >= 0.3 is 5.97 Å². The predicted octanol–water partition coefficient (Wildman–Crippen LogP) is 4.02. The van der Waals surface area contributed by atoms with Gasteiger partial charge in [-0.1, -0.05) is 6.07 Å². The lowest BCUT2D eigenvalue weighted by Gasteiger charge is -2.11. The maximum absolute atomic E-state index is 11.7. The molecule has 148 valence electrons. The van der Waals surface area contributed by atoms with Gasteiger partial charge in [0.1, 0.15) is 5.82 Å². The molecule has 0 radical (unpaired) electrons. The van der Waals surface area contributed by atoms with Crippen LogP contribution in [0.3, 0.4) is 0 Å². The highest BCUT2D eigenvalue weighted by atomic mass is 16.5. The Bertz CT molecular complexity index is 1030. The molecule has 0 saturated carbocycles. The molecular formula is C21H21N5O3. The molecule has 0 bridgehead atoms. The second kappa shape index (κ2) is 8.83. The van der Waals surface area contributed by atoms with Crippen LogP contribution in [0.25, 0.3) is 0 Å². The fourth-order valence-electron chi connectivity index (χ4n) is 2.65. The molecule has 0 unspecified atom stereocenters. The molecule has 3 rings (SSSR count). The Hall–Kier alpha value is -3.94. The Morgan fingerprint density at radius 1 is 0.897 bits per heavy atom. The van der Waals surface area contributed by atoms with Crippen LogP contribution in [0.2, 0.25) is 0 Å². The van der Waals surface area contributed by atoms with E-state index < -0.39 is 5.97 Å². The van der Waals surface area contributed by atoms with E-state index in [9.17, 15) is 9.59 Å². The van der Waals surface area contributed by atoms with Gasteiger partial charge in [0.25, 0.3) is 0 Å². The molecule has 8 heteroatoms. The minimum atomic E-state index is -0.405. The molecule has 8 nitrogen and oxygen atoms in total. The first-order valence-corrected chi connectivity index (χ1v) is 8.89. The van der Waals surface area contributed by atoms with Gasteiger partial charge in [0, 0.05) is 35.7 Å². The fourth-order valence-corrected chi connectivity index (χ4v) is 2.65. The minimum absolute atomic E-state index is 0.125. The summed E-state index contributed by atoms with van der Waals surface area (Å²) in [5, 5.41) is 9.03. The van der Waals surface area contributed by atoms with Gasteiger partial charge in [-0.3, -0.25) is 4.79 Å². The number of nitrogens with zero attached hydrogens (tertiary/aromatic N) is 2. The molecule has 0 aliphatic heterocycles. The molecule has 3 aromatic rings. The van der Waals surface area contributed by atoms with Crippen molar-refractivity contribution in [2.75, 3.05) is 23.1 Å². The maximum Gasteiger partial charge on any atom is 0.337 e. The molecule has 0 aliphatic rings. The Labute approximate surface area is 168 Å². The first-order chi connectivity index (χ1) is 13.9. The second-order valence-electron chi connectivity index (χ2n) is 6.30. The van der Waals surface area contributed by atoms with Crippen molar-refractivity contribution in [3.63, 3.8) is 0 Å². The first kappa shape index (κ1) is 19.8. The predicted molar refractivity (Wildman–Crippen MR) is 112 cm³/mol. The van der Waals surface area contributed by atoms with Crippen LogP contribution in [-0.2, 0) is 9.53 Å². The molecule has 0 atom stereocenters. The second-order valence-corrected chi connectivity index (χ2v) is 6.30. The van der Waals surface area contributed by atoms with Crippen LogP contribution in [0.15, 0.2) is 54.6 Å². The molecular weight excluding hydrogens is 370 g/mol. The number of esters is 1. The third-order valence-electron chi connectivity index (χ3n) is 3.87. The lowest BCUT2D eigenvalue weighted by Crippen LogP contribution is -2.06. The number of carbonyl (C=O) groups is 2. The highest BCUT2D eigenvalue weighted by Gasteiger charge is 2.08. The van der Waals surface area contributed by atoms with Gasteiger partial charge < -0.3 is 20.7 Å². The van der Waals surface area contributed by atoms with E-state index in [2.05, 4.69) is 25.9 Å². The van der Waals surface area contributed by atoms with Crippen LogP contribution >= 0.6 is 0 Å². The summed E-state index contributed by atoms with van der Waals surface area (Å²) in [5.41, 5.74) is 3.41. The number of ether oxygens (including phenoxy) is 1. The SMILES string of the molecule is COC(=O)c1cccc(Nc2cc(C)nc(Nc3ccc(NC(C)=O)cc3)n2)c1. The normalized spacial score (nSPS) is 10.2. The van der Waals surface area contributed by atoms with Crippen LogP contribution in [0.5, 0.6) is 0 Å². The van der Waals surface area contributed by atoms with E-state index >= 15 is 0 Å². The number of anilines is 5. The minimum Gasteiger partial charge on any atom is -0.465 e. The van der Waals surface area contributed by atoms with Gasteiger partial charge in [0.15, 0.2) is 0 Å². The number of methoxy groups -OCH3 is 1. The van der Waals surface area contributed by atoms with Crippen molar-refractivity contribution in [3.05, 3.63) is 65.9 Å². The van der Waals surface area contributed by atoms with E-state index in [-0.39, 0.29) is 5.91 Å². The zero-order valence-corrected chi connectivity index (χ0v) is 16.3. The fraction of sp³-hybridized carbons (Fsp3) is 0.143. The summed E-state index contributed by atoms with van der Waals surface area (Å²) in [4.78, 5) is 31.7. The smallest absolute Gasteiger partial charge is 0.337 e. The van der Waals surface area contributed by atoms with Gasteiger partial charge in [0.2, 0.25) is 11.9 Å². The number of benzene rings is 2. The van der Waals surface area contributed by atoms with Gasteiger partial charge in [-0.15, -0.1) is 0 Å². The van der Waals surface area contributed by atoms with E-state index in [1.807, 2.05) is 25.1 Å². The van der Waals surface area contributed by atoms with E-state index in [1.165, 1.54) is 14.0 Å². The largest absolute Gasteiger partial charge is 0.465 e. The third kappa shape index (κ3) is 5.52. The lowest BCUT2D eigenvalue weighted by molar-refractivity contribution is -0.114. The number of amides is 1. The highest BCUT2D eigenvalue weighted by molar-refractivity contribution is 5.90. The molecule has 0 aliphatic carbocycles. The summed E-state index contributed by atoms with van der Waals surface area (Å²) in [6.45, 7) is 3.32. The number of aromatic nitrogens is 2. The summed E-state index contributed by atoms with van der Waals surface area (Å²) in [6, 6.07) is 16.0. The Morgan fingerprint density at radius 2 is 1.62 bits per heavy atom. The molecule has 1 heterocycles. The van der Waals surface area contributed by atoms with Gasteiger partial charge in [0.05, 0.1) is 12.7 Å². The zero-order valence-electron chi connectivity index (χ0n) is 16.3. The summed E-state index contributed by atoms with van der Waals surface area (Å²) in [6.07, 6.45) is 0. The third-order valence-corrected chi connectivity index (χ3v) is 3.87. The van der Waals surface area contributed by atoms with Crippen molar-refractivity contribution in [1.29, 1.82) is 0 Å². The van der Waals surface area contributed by atoms with Crippen molar-refractivity contribution >= 4 is 40.7 Å².